The van der Waals surface area contributed by atoms with Crippen molar-refractivity contribution in [3.05, 3.63) is 47.3 Å². The molecular formula is C26H36F4. The molecule has 0 atom stereocenters. The van der Waals surface area contributed by atoms with Gasteiger partial charge in [0.2, 0.25) is 0 Å². The molecule has 0 amide bonds. The fourth-order valence-corrected chi connectivity index (χ4v) is 5.52. The molecule has 4 heteroatoms. The standard InChI is InChI=1S/C26H36F4/c1-2-3-19-4-6-20(7-5-19)8-9-21-10-12-22(13-11-21)23-14-16-24(17-15-23)25(27)18-26(28,29)30/h10-13,18-20,23-24H,2-9,14-17H2,1H3/b25-18-. The number of alkyl halides is 3. The van der Waals surface area contributed by atoms with Gasteiger partial charge in [0.1, 0.15) is 5.83 Å². The summed E-state index contributed by atoms with van der Waals surface area (Å²) in [5, 5.41) is 0. The molecule has 2 saturated carbocycles. The highest BCUT2D eigenvalue weighted by Crippen LogP contribution is 2.40. The van der Waals surface area contributed by atoms with Gasteiger partial charge in [0, 0.05) is 5.92 Å². The molecule has 3 rings (SSSR count). The van der Waals surface area contributed by atoms with Crippen molar-refractivity contribution in [3.63, 3.8) is 0 Å². The second kappa shape index (κ2) is 10.8. The second-order valence-corrected chi connectivity index (χ2v) is 9.58. The van der Waals surface area contributed by atoms with Crippen molar-refractivity contribution in [2.24, 2.45) is 17.8 Å². The Hall–Kier alpha value is -1.32. The van der Waals surface area contributed by atoms with E-state index in [-0.39, 0.29) is 6.08 Å². The number of hydrogen-bond donors (Lipinski definition) is 0. The summed E-state index contributed by atoms with van der Waals surface area (Å²) in [7, 11) is 0. The minimum absolute atomic E-state index is 0.164. The summed E-state index contributed by atoms with van der Waals surface area (Å²) in [6.45, 7) is 2.28. The van der Waals surface area contributed by atoms with E-state index in [4.69, 9.17) is 0 Å². The van der Waals surface area contributed by atoms with Gasteiger partial charge in [0.15, 0.2) is 0 Å². The van der Waals surface area contributed by atoms with Crippen LogP contribution in [0.1, 0.15) is 94.6 Å². The minimum Gasteiger partial charge on any atom is -0.212 e. The van der Waals surface area contributed by atoms with Crippen LogP contribution < -0.4 is 0 Å². The molecule has 2 aliphatic carbocycles. The molecule has 1 aromatic carbocycles. The third-order valence-electron chi connectivity index (χ3n) is 7.37. The zero-order valence-corrected chi connectivity index (χ0v) is 18.2. The molecule has 2 fully saturated rings. The molecule has 1 aromatic rings. The van der Waals surface area contributed by atoms with Crippen LogP contribution in [0.5, 0.6) is 0 Å². The summed E-state index contributed by atoms with van der Waals surface area (Å²) in [6, 6.07) is 8.79. The molecule has 0 bridgehead atoms. The number of rotatable bonds is 7. The van der Waals surface area contributed by atoms with Gasteiger partial charge in [-0.05, 0) is 67.4 Å². The zero-order chi connectivity index (χ0) is 21.6. The fourth-order valence-electron chi connectivity index (χ4n) is 5.52. The number of allylic oxidation sites excluding steroid dienone is 2. The van der Waals surface area contributed by atoms with E-state index in [9.17, 15) is 17.6 Å². The van der Waals surface area contributed by atoms with Gasteiger partial charge in [0.25, 0.3) is 0 Å². The Morgan fingerprint density at radius 2 is 1.43 bits per heavy atom. The Balaban J connectivity index is 1.42. The lowest BCUT2D eigenvalue weighted by molar-refractivity contribution is -0.0820. The molecule has 0 N–H and O–H groups in total. The van der Waals surface area contributed by atoms with Gasteiger partial charge in [-0.2, -0.15) is 13.2 Å². The maximum Gasteiger partial charge on any atom is 0.412 e. The van der Waals surface area contributed by atoms with Crippen molar-refractivity contribution in [1.29, 1.82) is 0 Å². The summed E-state index contributed by atoms with van der Waals surface area (Å²) < 4.78 is 50.9. The van der Waals surface area contributed by atoms with Crippen molar-refractivity contribution >= 4 is 0 Å². The van der Waals surface area contributed by atoms with Crippen LogP contribution in [-0.2, 0) is 6.42 Å². The van der Waals surface area contributed by atoms with Gasteiger partial charge in [-0.1, -0.05) is 69.7 Å². The fraction of sp³-hybridized carbons (Fsp3) is 0.692. The van der Waals surface area contributed by atoms with Crippen molar-refractivity contribution in [2.45, 2.75) is 96.1 Å². The van der Waals surface area contributed by atoms with Crippen molar-refractivity contribution in [1.82, 2.24) is 0 Å². The molecular weight excluding hydrogens is 388 g/mol. The average Bonchev–Trinajstić information content (AvgIpc) is 2.73. The second-order valence-electron chi connectivity index (χ2n) is 9.58. The highest BCUT2D eigenvalue weighted by atomic mass is 19.4. The highest BCUT2D eigenvalue weighted by molar-refractivity contribution is 5.26. The molecule has 0 aliphatic heterocycles. The van der Waals surface area contributed by atoms with Gasteiger partial charge in [-0.15, -0.1) is 0 Å². The normalized spacial score (nSPS) is 28.5. The van der Waals surface area contributed by atoms with Crippen LogP contribution in [0.2, 0.25) is 0 Å². The van der Waals surface area contributed by atoms with E-state index < -0.39 is 17.9 Å². The molecule has 0 unspecified atom stereocenters. The topological polar surface area (TPSA) is 0 Å². The molecule has 0 spiro atoms. The van der Waals surface area contributed by atoms with Crippen LogP contribution in [0.25, 0.3) is 0 Å². The largest absolute Gasteiger partial charge is 0.412 e. The van der Waals surface area contributed by atoms with E-state index in [1.165, 1.54) is 56.1 Å². The molecule has 0 aromatic heterocycles. The zero-order valence-electron chi connectivity index (χ0n) is 18.2. The first-order valence-electron chi connectivity index (χ1n) is 11.9. The van der Waals surface area contributed by atoms with Gasteiger partial charge in [-0.25, -0.2) is 4.39 Å². The first kappa shape index (κ1) is 23.3. The maximum atomic E-state index is 13.8. The third-order valence-corrected chi connectivity index (χ3v) is 7.37. The number of halogens is 4. The Labute approximate surface area is 179 Å². The SMILES string of the molecule is CCCC1CCC(CCc2ccc(C3CCC(/C(F)=C/C(F)(F)F)CC3)cc2)CC1. The Morgan fingerprint density at radius 3 is 1.97 bits per heavy atom. The Morgan fingerprint density at radius 1 is 0.867 bits per heavy atom. The first-order chi connectivity index (χ1) is 14.3. The molecule has 30 heavy (non-hydrogen) atoms. The van der Waals surface area contributed by atoms with E-state index >= 15 is 0 Å². The third kappa shape index (κ3) is 7.13. The first-order valence-corrected chi connectivity index (χ1v) is 11.9. The smallest absolute Gasteiger partial charge is 0.212 e. The monoisotopic (exact) mass is 424 g/mol. The van der Waals surface area contributed by atoms with Crippen LogP contribution in [0, 0.1) is 17.8 Å². The van der Waals surface area contributed by atoms with Crippen molar-refractivity contribution in [2.75, 3.05) is 0 Å². The number of benzene rings is 1. The lowest BCUT2D eigenvalue weighted by atomic mass is 9.77. The van der Waals surface area contributed by atoms with Gasteiger partial charge in [-0.3, -0.25) is 0 Å². The van der Waals surface area contributed by atoms with Crippen molar-refractivity contribution in [3.8, 4) is 0 Å². The van der Waals surface area contributed by atoms with Gasteiger partial charge in [0.05, 0.1) is 6.08 Å². The summed E-state index contributed by atoms with van der Waals surface area (Å²) in [4.78, 5) is 0. The van der Waals surface area contributed by atoms with Gasteiger partial charge >= 0.3 is 6.18 Å². The summed E-state index contributed by atoms with van der Waals surface area (Å²) in [6.07, 6.45) is 8.43. The molecule has 0 radical (unpaired) electrons. The lowest BCUT2D eigenvalue weighted by Crippen LogP contribution is -2.16. The van der Waals surface area contributed by atoms with E-state index in [2.05, 4.69) is 31.2 Å². The number of hydrogen-bond acceptors (Lipinski definition) is 0. The lowest BCUT2D eigenvalue weighted by Gasteiger charge is -2.29. The quantitative estimate of drug-likeness (QED) is 0.383. The van der Waals surface area contributed by atoms with Crippen molar-refractivity contribution < 1.29 is 17.6 Å². The number of aryl methyl sites for hydroxylation is 1. The highest BCUT2D eigenvalue weighted by Gasteiger charge is 2.30. The van der Waals surface area contributed by atoms with Gasteiger partial charge < -0.3 is 0 Å². The van der Waals surface area contributed by atoms with Crippen LogP contribution in [0.3, 0.4) is 0 Å². The molecule has 0 heterocycles. The summed E-state index contributed by atoms with van der Waals surface area (Å²) in [5.74, 6) is 0.586. The predicted molar refractivity (Wildman–Crippen MR) is 115 cm³/mol. The van der Waals surface area contributed by atoms with E-state index in [1.54, 1.807) is 0 Å². The van der Waals surface area contributed by atoms with Crippen LogP contribution in [0.4, 0.5) is 17.6 Å². The van der Waals surface area contributed by atoms with E-state index in [0.29, 0.717) is 18.8 Å². The van der Waals surface area contributed by atoms with Crippen LogP contribution >= 0.6 is 0 Å². The molecule has 2 aliphatic rings. The van der Waals surface area contributed by atoms with Crippen LogP contribution in [-0.4, -0.2) is 6.18 Å². The minimum atomic E-state index is -4.56. The molecule has 168 valence electrons. The molecule has 0 nitrogen and oxygen atoms in total. The average molecular weight is 425 g/mol. The maximum absolute atomic E-state index is 13.8. The predicted octanol–water partition coefficient (Wildman–Crippen LogP) is 8.92. The molecule has 0 saturated heterocycles. The van der Waals surface area contributed by atoms with E-state index in [0.717, 1.165) is 31.1 Å². The Bertz CT molecular complexity index is 657. The Kier molecular flexibility index (Phi) is 8.42. The van der Waals surface area contributed by atoms with Crippen LogP contribution in [0.15, 0.2) is 36.2 Å². The summed E-state index contributed by atoms with van der Waals surface area (Å²) in [5.41, 5.74) is 2.62. The summed E-state index contributed by atoms with van der Waals surface area (Å²) >= 11 is 0. The van der Waals surface area contributed by atoms with E-state index in [1.807, 2.05) is 0 Å².